The number of thioether (sulfide) groups is 1. The van der Waals surface area contributed by atoms with Crippen molar-refractivity contribution >= 4 is 29.1 Å². The molecule has 0 aliphatic rings. The summed E-state index contributed by atoms with van der Waals surface area (Å²) in [5, 5.41) is 4.18. The summed E-state index contributed by atoms with van der Waals surface area (Å²) in [6.07, 6.45) is 1.37. The summed E-state index contributed by atoms with van der Waals surface area (Å²) >= 11 is 7.37. The molecule has 0 fully saturated rings. The van der Waals surface area contributed by atoms with Crippen molar-refractivity contribution in [3.63, 3.8) is 0 Å². The van der Waals surface area contributed by atoms with E-state index in [0.29, 0.717) is 22.4 Å². The van der Waals surface area contributed by atoms with E-state index < -0.39 is 0 Å². The van der Waals surface area contributed by atoms with E-state index in [-0.39, 0.29) is 0 Å². The minimum absolute atomic E-state index is 0.569. The van der Waals surface area contributed by atoms with E-state index in [1.807, 2.05) is 6.07 Å². The third-order valence-corrected chi connectivity index (χ3v) is 3.02. The second-order valence-electron chi connectivity index (χ2n) is 2.81. The maximum Gasteiger partial charge on any atom is 0.236 e. The minimum Gasteiger partial charge on any atom is -0.398 e. The Labute approximate surface area is 95.8 Å². The lowest BCUT2D eigenvalue weighted by atomic mass is 10.3. The molecule has 0 bridgehead atoms. The lowest BCUT2D eigenvalue weighted by Gasteiger charge is -2.03. The highest BCUT2D eigenvalue weighted by molar-refractivity contribution is 7.98. The Morgan fingerprint density at radius 3 is 3.07 bits per heavy atom. The predicted molar refractivity (Wildman–Crippen MR) is 59.7 cm³/mol. The van der Waals surface area contributed by atoms with Gasteiger partial charge in [-0.1, -0.05) is 16.8 Å². The number of nitrogen functional groups attached to an aromatic ring is 1. The van der Waals surface area contributed by atoms with E-state index in [9.17, 15) is 0 Å². The molecule has 0 radical (unpaired) electrons. The number of nitrogens with zero attached hydrogens (tertiary/aromatic N) is 2. The Bertz CT molecular complexity index is 447. The number of hydrogen-bond donors (Lipinski definition) is 1. The molecule has 15 heavy (non-hydrogen) atoms. The molecule has 0 amide bonds. The molecular weight excluding hydrogens is 234 g/mol. The molecule has 4 nitrogen and oxygen atoms in total. The molecular formula is C9H8ClN3OS. The SMILES string of the molecule is Nc1ccc(Cl)cc1SCc1ncno1. The predicted octanol–water partition coefficient (Wildman–Crippen LogP) is 2.60. The van der Waals surface area contributed by atoms with Crippen molar-refractivity contribution in [2.24, 2.45) is 0 Å². The molecule has 0 saturated heterocycles. The van der Waals surface area contributed by atoms with Crippen LogP contribution in [0.15, 0.2) is 33.9 Å². The van der Waals surface area contributed by atoms with Gasteiger partial charge in [-0.25, -0.2) is 0 Å². The summed E-state index contributed by atoms with van der Waals surface area (Å²) < 4.78 is 4.87. The second-order valence-corrected chi connectivity index (χ2v) is 4.26. The van der Waals surface area contributed by atoms with Crippen LogP contribution in [0.25, 0.3) is 0 Å². The average molecular weight is 242 g/mol. The van der Waals surface area contributed by atoms with Gasteiger partial charge in [0.25, 0.3) is 0 Å². The molecule has 1 heterocycles. The van der Waals surface area contributed by atoms with Crippen molar-refractivity contribution in [1.29, 1.82) is 0 Å². The summed E-state index contributed by atoms with van der Waals surface area (Å²) in [6, 6.07) is 5.35. The normalized spacial score (nSPS) is 10.5. The van der Waals surface area contributed by atoms with Gasteiger partial charge in [-0.15, -0.1) is 11.8 Å². The van der Waals surface area contributed by atoms with E-state index in [0.717, 1.165) is 4.90 Å². The van der Waals surface area contributed by atoms with Crippen LogP contribution in [0.5, 0.6) is 0 Å². The van der Waals surface area contributed by atoms with Crippen LogP contribution in [0.3, 0.4) is 0 Å². The van der Waals surface area contributed by atoms with Crippen LogP contribution in [-0.4, -0.2) is 10.1 Å². The Kier molecular flexibility index (Phi) is 3.13. The molecule has 2 aromatic rings. The van der Waals surface area contributed by atoms with Crippen LogP contribution < -0.4 is 5.73 Å². The van der Waals surface area contributed by atoms with Gasteiger partial charge in [-0.2, -0.15) is 4.98 Å². The third-order valence-electron chi connectivity index (χ3n) is 1.73. The Morgan fingerprint density at radius 1 is 1.47 bits per heavy atom. The molecule has 0 saturated carbocycles. The second kappa shape index (κ2) is 4.55. The average Bonchev–Trinajstić information content (AvgIpc) is 2.72. The molecule has 0 spiro atoms. The molecule has 6 heteroatoms. The van der Waals surface area contributed by atoms with Crippen molar-refractivity contribution in [3.05, 3.63) is 35.4 Å². The molecule has 0 unspecified atom stereocenters. The monoisotopic (exact) mass is 241 g/mol. The zero-order chi connectivity index (χ0) is 10.7. The molecule has 0 atom stereocenters. The van der Waals surface area contributed by atoms with Gasteiger partial charge in [0.05, 0.1) is 5.75 Å². The van der Waals surface area contributed by atoms with E-state index in [2.05, 4.69) is 10.1 Å². The van der Waals surface area contributed by atoms with Gasteiger partial charge in [-0.05, 0) is 18.2 Å². The Hall–Kier alpha value is -1.20. The number of hydrogen-bond acceptors (Lipinski definition) is 5. The molecule has 0 aliphatic heterocycles. The van der Waals surface area contributed by atoms with Crippen LogP contribution >= 0.6 is 23.4 Å². The van der Waals surface area contributed by atoms with Gasteiger partial charge >= 0.3 is 0 Å². The Morgan fingerprint density at radius 2 is 2.33 bits per heavy atom. The van der Waals surface area contributed by atoms with Crippen molar-refractivity contribution in [1.82, 2.24) is 10.1 Å². The van der Waals surface area contributed by atoms with Gasteiger partial charge < -0.3 is 10.3 Å². The molecule has 1 aromatic heterocycles. The van der Waals surface area contributed by atoms with Gasteiger partial charge in [0.1, 0.15) is 0 Å². The first-order chi connectivity index (χ1) is 7.25. The van der Waals surface area contributed by atoms with Gasteiger partial charge in [0.15, 0.2) is 6.33 Å². The molecule has 1 aromatic carbocycles. The maximum atomic E-state index is 5.86. The molecule has 78 valence electrons. The number of benzene rings is 1. The summed E-state index contributed by atoms with van der Waals surface area (Å²) in [5.41, 5.74) is 6.48. The quantitative estimate of drug-likeness (QED) is 0.661. The van der Waals surface area contributed by atoms with Crippen molar-refractivity contribution in [2.75, 3.05) is 5.73 Å². The highest BCUT2D eigenvalue weighted by Gasteiger charge is 2.04. The standard InChI is InChI=1S/C9H8ClN3OS/c10-6-1-2-7(11)8(3-6)15-4-9-12-5-13-14-9/h1-3,5H,4,11H2. The van der Waals surface area contributed by atoms with Crippen molar-refractivity contribution in [3.8, 4) is 0 Å². The first-order valence-corrected chi connectivity index (χ1v) is 5.55. The maximum absolute atomic E-state index is 5.86. The van der Waals surface area contributed by atoms with Crippen LogP contribution in [0, 0.1) is 0 Å². The lowest BCUT2D eigenvalue weighted by Crippen LogP contribution is -1.88. The highest BCUT2D eigenvalue weighted by atomic mass is 35.5. The molecule has 2 rings (SSSR count). The summed E-state index contributed by atoms with van der Waals surface area (Å²) in [7, 11) is 0. The first kappa shape index (κ1) is 10.3. The number of halogens is 1. The smallest absolute Gasteiger partial charge is 0.236 e. The third kappa shape index (κ3) is 2.64. The number of aromatic nitrogens is 2. The number of anilines is 1. The van der Waals surface area contributed by atoms with E-state index in [4.69, 9.17) is 21.9 Å². The zero-order valence-corrected chi connectivity index (χ0v) is 9.26. The van der Waals surface area contributed by atoms with E-state index in [1.54, 1.807) is 12.1 Å². The van der Waals surface area contributed by atoms with Crippen LogP contribution in [0.1, 0.15) is 5.89 Å². The fourth-order valence-corrected chi connectivity index (χ4v) is 2.12. The summed E-state index contributed by atoms with van der Waals surface area (Å²) in [5.74, 6) is 1.16. The summed E-state index contributed by atoms with van der Waals surface area (Å²) in [4.78, 5) is 4.83. The van der Waals surface area contributed by atoms with Crippen molar-refractivity contribution in [2.45, 2.75) is 10.6 Å². The van der Waals surface area contributed by atoms with Gasteiger partial charge in [-0.3, -0.25) is 0 Å². The molecule has 0 aliphatic carbocycles. The minimum atomic E-state index is 0.569. The van der Waals surface area contributed by atoms with E-state index in [1.165, 1.54) is 18.1 Å². The Balaban J connectivity index is 2.07. The fourth-order valence-electron chi connectivity index (χ4n) is 1.03. The lowest BCUT2D eigenvalue weighted by molar-refractivity contribution is 0.390. The summed E-state index contributed by atoms with van der Waals surface area (Å²) in [6.45, 7) is 0. The topological polar surface area (TPSA) is 64.9 Å². The highest BCUT2D eigenvalue weighted by Crippen LogP contribution is 2.29. The van der Waals surface area contributed by atoms with E-state index >= 15 is 0 Å². The largest absolute Gasteiger partial charge is 0.398 e. The van der Waals surface area contributed by atoms with Gasteiger partial charge in [0, 0.05) is 15.6 Å². The number of nitrogens with two attached hydrogens (primary N) is 1. The van der Waals surface area contributed by atoms with Crippen LogP contribution in [0.4, 0.5) is 5.69 Å². The zero-order valence-electron chi connectivity index (χ0n) is 7.68. The van der Waals surface area contributed by atoms with Gasteiger partial charge in [0.2, 0.25) is 5.89 Å². The van der Waals surface area contributed by atoms with Crippen LogP contribution in [0.2, 0.25) is 5.02 Å². The van der Waals surface area contributed by atoms with Crippen molar-refractivity contribution < 1.29 is 4.52 Å². The number of rotatable bonds is 3. The first-order valence-electron chi connectivity index (χ1n) is 4.19. The van der Waals surface area contributed by atoms with Crippen LogP contribution in [-0.2, 0) is 5.75 Å². The molecule has 2 N–H and O–H groups in total. The fraction of sp³-hybridized carbons (Fsp3) is 0.111.